The van der Waals surface area contributed by atoms with Crippen LogP contribution in [0.4, 0.5) is 0 Å². The van der Waals surface area contributed by atoms with Gasteiger partial charge in [0.1, 0.15) is 0 Å². The number of nitrogens with zero attached hydrogens (tertiary/aromatic N) is 3. The number of nitrogens with two attached hydrogens (primary N) is 1. The first kappa shape index (κ1) is 13.9. The van der Waals surface area contributed by atoms with Gasteiger partial charge in [-0.1, -0.05) is 0 Å². The van der Waals surface area contributed by atoms with Gasteiger partial charge < -0.3 is 10.5 Å². The van der Waals surface area contributed by atoms with Gasteiger partial charge in [0.15, 0.2) is 0 Å². The van der Waals surface area contributed by atoms with Crippen molar-refractivity contribution in [3.63, 3.8) is 0 Å². The Morgan fingerprint density at radius 3 is 2.60 bits per heavy atom. The summed E-state index contributed by atoms with van der Waals surface area (Å²) in [5.74, 6) is 1.74. The third-order valence-electron chi connectivity index (χ3n) is 4.55. The van der Waals surface area contributed by atoms with E-state index in [1.165, 1.54) is 37.8 Å². The molecule has 1 heterocycles. The van der Waals surface area contributed by atoms with E-state index in [1.54, 1.807) is 7.11 Å². The smallest absolute Gasteiger partial charge is 0.216 e. The zero-order chi connectivity index (χ0) is 14.3. The Bertz CT molecular complexity index is 476. The van der Waals surface area contributed by atoms with E-state index in [4.69, 9.17) is 10.5 Å². The lowest BCUT2D eigenvalue weighted by atomic mass is 10.0. The van der Waals surface area contributed by atoms with Gasteiger partial charge in [-0.2, -0.15) is 5.10 Å². The van der Waals surface area contributed by atoms with Gasteiger partial charge in [0.2, 0.25) is 5.88 Å². The molecule has 0 bridgehead atoms. The van der Waals surface area contributed by atoms with Crippen LogP contribution in [0.3, 0.4) is 0 Å². The molecular formula is C15H26N4O. The molecule has 1 aromatic heterocycles. The highest BCUT2D eigenvalue weighted by atomic mass is 16.5. The standard InChI is InChI=1S/C15H26N4O/c1-10-14(15(20-3)18(2)17-10)13(8-16)19(12-6-7-12)9-11-4-5-11/h11-13H,4-9,16H2,1-3H3. The Labute approximate surface area is 121 Å². The Morgan fingerprint density at radius 2 is 2.10 bits per heavy atom. The highest BCUT2D eigenvalue weighted by molar-refractivity contribution is 5.35. The van der Waals surface area contributed by atoms with E-state index < -0.39 is 0 Å². The van der Waals surface area contributed by atoms with Crippen LogP contribution in [0.5, 0.6) is 5.88 Å². The largest absolute Gasteiger partial charge is 0.481 e. The number of aromatic nitrogens is 2. The van der Waals surface area contributed by atoms with Crippen LogP contribution in [0.2, 0.25) is 0 Å². The third kappa shape index (κ3) is 2.56. The molecule has 2 saturated carbocycles. The third-order valence-corrected chi connectivity index (χ3v) is 4.55. The molecule has 1 unspecified atom stereocenters. The summed E-state index contributed by atoms with van der Waals surface area (Å²) >= 11 is 0. The lowest BCUT2D eigenvalue weighted by Crippen LogP contribution is -2.37. The number of rotatable bonds is 7. The molecule has 5 heteroatoms. The Kier molecular flexibility index (Phi) is 3.73. The maximum atomic E-state index is 6.13. The molecule has 0 amide bonds. The predicted octanol–water partition coefficient (Wildman–Crippen LogP) is 1.61. The Hall–Kier alpha value is -1.07. The molecule has 1 atom stereocenters. The fourth-order valence-electron chi connectivity index (χ4n) is 3.23. The van der Waals surface area contributed by atoms with Gasteiger partial charge in [0.05, 0.1) is 24.4 Å². The van der Waals surface area contributed by atoms with E-state index >= 15 is 0 Å². The summed E-state index contributed by atoms with van der Waals surface area (Å²) < 4.78 is 7.40. The van der Waals surface area contributed by atoms with Crippen molar-refractivity contribution in [3.8, 4) is 5.88 Å². The molecule has 0 spiro atoms. The van der Waals surface area contributed by atoms with Gasteiger partial charge in [0, 0.05) is 26.2 Å². The summed E-state index contributed by atoms with van der Waals surface area (Å²) in [5, 5.41) is 4.52. The SMILES string of the molecule is COc1c(C(CN)N(CC2CC2)C2CC2)c(C)nn1C. The summed E-state index contributed by atoms with van der Waals surface area (Å²) in [6, 6.07) is 0.959. The van der Waals surface area contributed by atoms with E-state index in [0.717, 1.165) is 17.5 Å². The zero-order valence-corrected chi connectivity index (χ0v) is 12.8. The van der Waals surface area contributed by atoms with Crippen molar-refractivity contribution in [2.45, 2.75) is 44.7 Å². The fraction of sp³-hybridized carbons (Fsp3) is 0.800. The molecular weight excluding hydrogens is 252 g/mol. The molecule has 0 aromatic carbocycles. The van der Waals surface area contributed by atoms with Crippen molar-refractivity contribution in [2.75, 3.05) is 20.2 Å². The number of methoxy groups -OCH3 is 1. The van der Waals surface area contributed by atoms with Gasteiger partial charge in [0.25, 0.3) is 0 Å². The first-order valence-corrected chi connectivity index (χ1v) is 7.69. The first-order chi connectivity index (χ1) is 9.65. The Morgan fingerprint density at radius 1 is 1.40 bits per heavy atom. The number of aryl methyl sites for hydroxylation is 2. The summed E-state index contributed by atoms with van der Waals surface area (Å²) in [5.41, 5.74) is 8.36. The van der Waals surface area contributed by atoms with Crippen molar-refractivity contribution in [3.05, 3.63) is 11.3 Å². The molecule has 20 heavy (non-hydrogen) atoms. The molecule has 2 N–H and O–H groups in total. The average molecular weight is 278 g/mol. The van der Waals surface area contributed by atoms with Crippen LogP contribution in [0.1, 0.15) is 43.0 Å². The molecule has 3 rings (SSSR count). The molecule has 0 aliphatic heterocycles. The predicted molar refractivity (Wildman–Crippen MR) is 78.7 cm³/mol. The van der Waals surface area contributed by atoms with Crippen LogP contribution < -0.4 is 10.5 Å². The normalized spacial score (nSPS) is 20.4. The van der Waals surface area contributed by atoms with E-state index in [0.29, 0.717) is 12.6 Å². The van der Waals surface area contributed by atoms with Crippen molar-refractivity contribution >= 4 is 0 Å². The van der Waals surface area contributed by atoms with Crippen LogP contribution >= 0.6 is 0 Å². The lowest BCUT2D eigenvalue weighted by Gasteiger charge is -2.31. The number of hydrogen-bond donors (Lipinski definition) is 1. The van der Waals surface area contributed by atoms with Crippen molar-refractivity contribution in [1.82, 2.24) is 14.7 Å². The highest BCUT2D eigenvalue weighted by Gasteiger charge is 2.39. The molecule has 2 fully saturated rings. The second-order valence-electron chi connectivity index (χ2n) is 6.25. The number of hydrogen-bond acceptors (Lipinski definition) is 4. The van der Waals surface area contributed by atoms with E-state index in [-0.39, 0.29) is 6.04 Å². The van der Waals surface area contributed by atoms with Gasteiger partial charge in [-0.25, -0.2) is 4.68 Å². The second kappa shape index (κ2) is 5.37. The van der Waals surface area contributed by atoms with Gasteiger partial charge in [-0.05, 0) is 38.5 Å². The summed E-state index contributed by atoms with van der Waals surface area (Å²) in [6.45, 7) is 3.87. The van der Waals surface area contributed by atoms with Crippen molar-refractivity contribution in [1.29, 1.82) is 0 Å². The molecule has 1 aromatic rings. The van der Waals surface area contributed by atoms with E-state index in [9.17, 15) is 0 Å². The first-order valence-electron chi connectivity index (χ1n) is 7.69. The fourth-order valence-corrected chi connectivity index (χ4v) is 3.23. The molecule has 2 aliphatic rings. The van der Waals surface area contributed by atoms with Crippen LogP contribution in [0, 0.1) is 12.8 Å². The number of ether oxygens (including phenoxy) is 1. The monoisotopic (exact) mass is 278 g/mol. The van der Waals surface area contributed by atoms with Gasteiger partial charge in [-0.3, -0.25) is 4.90 Å². The average Bonchev–Trinajstić information content (AvgIpc) is 3.30. The zero-order valence-electron chi connectivity index (χ0n) is 12.8. The molecule has 0 radical (unpaired) electrons. The Balaban J connectivity index is 1.90. The quantitative estimate of drug-likeness (QED) is 0.823. The van der Waals surface area contributed by atoms with Crippen LogP contribution in [-0.4, -0.2) is 40.9 Å². The van der Waals surface area contributed by atoms with Crippen molar-refractivity contribution < 1.29 is 4.74 Å². The molecule has 0 saturated heterocycles. The summed E-state index contributed by atoms with van der Waals surface area (Å²) in [6.07, 6.45) is 5.38. The van der Waals surface area contributed by atoms with Crippen LogP contribution in [-0.2, 0) is 7.05 Å². The highest BCUT2D eigenvalue weighted by Crippen LogP contribution is 2.41. The lowest BCUT2D eigenvalue weighted by molar-refractivity contribution is 0.178. The van der Waals surface area contributed by atoms with Crippen molar-refractivity contribution in [2.24, 2.45) is 18.7 Å². The minimum absolute atomic E-state index is 0.242. The summed E-state index contributed by atoms with van der Waals surface area (Å²) in [4.78, 5) is 2.62. The van der Waals surface area contributed by atoms with E-state index in [2.05, 4.69) is 16.9 Å². The maximum absolute atomic E-state index is 6.13. The van der Waals surface area contributed by atoms with Gasteiger partial charge >= 0.3 is 0 Å². The van der Waals surface area contributed by atoms with E-state index in [1.807, 2.05) is 11.7 Å². The van der Waals surface area contributed by atoms with Crippen LogP contribution in [0.25, 0.3) is 0 Å². The van der Waals surface area contributed by atoms with Gasteiger partial charge in [-0.15, -0.1) is 0 Å². The maximum Gasteiger partial charge on any atom is 0.216 e. The second-order valence-corrected chi connectivity index (χ2v) is 6.25. The summed E-state index contributed by atoms with van der Waals surface area (Å²) in [7, 11) is 3.65. The minimum Gasteiger partial charge on any atom is -0.481 e. The topological polar surface area (TPSA) is 56.3 Å². The molecule has 5 nitrogen and oxygen atoms in total. The molecule has 112 valence electrons. The molecule has 2 aliphatic carbocycles. The van der Waals surface area contributed by atoms with Crippen LogP contribution in [0.15, 0.2) is 0 Å². The minimum atomic E-state index is 0.242.